The van der Waals surface area contributed by atoms with Crippen molar-refractivity contribution in [2.45, 2.75) is 32.0 Å². The molecule has 140 valence electrons. The van der Waals surface area contributed by atoms with Gasteiger partial charge in [0.15, 0.2) is 5.82 Å². The van der Waals surface area contributed by atoms with Crippen molar-refractivity contribution in [3.8, 4) is 5.75 Å². The van der Waals surface area contributed by atoms with E-state index in [4.69, 9.17) is 15.0 Å². The van der Waals surface area contributed by atoms with Gasteiger partial charge in [-0.05, 0) is 25.0 Å². The number of likely N-dealkylation sites (tertiary alicyclic amines) is 1. The van der Waals surface area contributed by atoms with Gasteiger partial charge >= 0.3 is 0 Å². The fourth-order valence-electron chi connectivity index (χ4n) is 2.82. The zero-order valence-electron chi connectivity index (χ0n) is 14.2. The molecule has 1 aliphatic heterocycles. The SMILES string of the molecule is COc1cccc(NC2CCN(Cc3noc(CN)n3)CC2)c1.Cl.Cl. The monoisotopic (exact) mass is 389 g/mol. The number of benzene rings is 1. The summed E-state index contributed by atoms with van der Waals surface area (Å²) in [6, 6.07) is 8.53. The fourth-order valence-corrected chi connectivity index (χ4v) is 2.82. The first-order valence-electron chi connectivity index (χ1n) is 7.91. The van der Waals surface area contributed by atoms with E-state index in [2.05, 4.69) is 26.4 Å². The molecule has 2 heterocycles. The Labute approximate surface area is 160 Å². The van der Waals surface area contributed by atoms with E-state index in [0.29, 0.717) is 24.3 Å². The number of hydrogen-bond donors (Lipinski definition) is 2. The van der Waals surface area contributed by atoms with Crippen molar-refractivity contribution in [2.75, 3.05) is 25.5 Å². The van der Waals surface area contributed by atoms with Crippen molar-refractivity contribution in [2.24, 2.45) is 5.73 Å². The molecule has 1 aromatic heterocycles. The van der Waals surface area contributed by atoms with Gasteiger partial charge in [-0.3, -0.25) is 4.90 Å². The van der Waals surface area contributed by atoms with E-state index >= 15 is 0 Å². The summed E-state index contributed by atoms with van der Waals surface area (Å²) in [6.45, 7) is 3.02. The second kappa shape index (κ2) is 10.5. The summed E-state index contributed by atoms with van der Waals surface area (Å²) in [6.07, 6.45) is 2.16. The van der Waals surface area contributed by atoms with E-state index in [9.17, 15) is 0 Å². The van der Waals surface area contributed by atoms with Gasteiger partial charge in [-0.2, -0.15) is 4.98 Å². The first-order valence-corrected chi connectivity index (χ1v) is 7.91. The van der Waals surface area contributed by atoms with E-state index in [0.717, 1.165) is 43.9 Å². The van der Waals surface area contributed by atoms with Gasteiger partial charge in [0.05, 0.1) is 20.2 Å². The number of hydrogen-bond acceptors (Lipinski definition) is 7. The van der Waals surface area contributed by atoms with Crippen LogP contribution in [0.4, 0.5) is 5.69 Å². The maximum absolute atomic E-state index is 5.48. The van der Waals surface area contributed by atoms with Crippen LogP contribution in [0.15, 0.2) is 28.8 Å². The third kappa shape index (κ3) is 6.04. The molecular formula is C16H25Cl2N5O2. The summed E-state index contributed by atoms with van der Waals surface area (Å²) in [5.41, 5.74) is 6.59. The molecule has 3 rings (SSSR count). The van der Waals surface area contributed by atoms with Gasteiger partial charge in [-0.25, -0.2) is 0 Å². The molecule has 1 fully saturated rings. The van der Waals surface area contributed by atoms with Crippen LogP contribution < -0.4 is 15.8 Å². The predicted octanol–water partition coefficient (Wildman–Crippen LogP) is 2.46. The molecule has 1 saturated heterocycles. The van der Waals surface area contributed by atoms with Crippen molar-refractivity contribution in [3.05, 3.63) is 36.0 Å². The van der Waals surface area contributed by atoms with Gasteiger partial charge in [0.1, 0.15) is 5.75 Å². The molecule has 1 aromatic carbocycles. The number of piperidine rings is 1. The lowest BCUT2D eigenvalue weighted by molar-refractivity contribution is 0.204. The summed E-state index contributed by atoms with van der Waals surface area (Å²) >= 11 is 0. The van der Waals surface area contributed by atoms with E-state index in [1.54, 1.807) is 7.11 Å². The first-order chi connectivity index (χ1) is 11.3. The maximum atomic E-state index is 5.48. The average Bonchev–Trinajstić information content (AvgIpc) is 3.04. The molecule has 7 nitrogen and oxygen atoms in total. The smallest absolute Gasteiger partial charge is 0.240 e. The zero-order valence-corrected chi connectivity index (χ0v) is 15.8. The lowest BCUT2D eigenvalue weighted by Gasteiger charge is -2.32. The second-order valence-corrected chi connectivity index (χ2v) is 5.74. The molecule has 0 saturated carbocycles. The number of ether oxygens (including phenoxy) is 1. The van der Waals surface area contributed by atoms with Crippen LogP contribution in [0.25, 0.3) is 0 Å². The number of nitrogens with zero attached hydrogens (tertiary/aromatic N) is 3. The Kier molecular flexibility index (Phi) is 8.99. The summed E-state index contributed by atoms with van der Waals surface area (Å²) in [7, 11) is 1.69. The van der Waals surface area contributed by atoms with E-state index < -0.39 is 0 Å². The summed E-state index contributed by atoms with van der Waals surface area (Å²) in [5.74, 6) is 2.08. The first kappa shape index (κ1) is 21.5. The Morgan fingerprint density at radius 3 is 2.72 bits per heavy atom. The standard InChI is InChI=1S/C16H23N5O2.2ClH/c1-22-14-4-2-3-13(9-14)18-12-5-7-21(8-6-12)11-15-19-16(10-17)23-20-15;;/h2-4,9,12,18H,5-8,10-11,17H2,1H3;2*1H. The van der Waals surface area contributed by atoms with E-state index in [-0.39, 0.29) is 24.8 Å². The molecule has 0 spiro atoms. The number of nitrogens with one attached hydrogen (secondary N) is 1. The molecule has 0 aliphatic carbocycles. The van der Waals surface area contributed by atoms with Gasteiger partial charge in [-0.15, -0.1) is 24.8 Å². The largest absolute Gasteiger partial charge is 0.497 e. The second-order valence-electron chi connectivity index (χ2n) is 5.74. The number of nitrogens with two attached hydrogens (primary N) is 1. The molecular weight excluding hydrogens is 365 g/mol. The number of anilines is 1. The Bertz CT molecular complexity index is 632. The summed E-state index contributed by atoms with van der Waals surface area (Å²) in [4.78, 5) is 6.60. The molecule has 1 aliphatic rings. The Hall–Kier alpha value is -1.54. The minimum Gasteiger partial charge on any atom is -0.497 e. The van der Waals surface area contributed by atoms with Crippen molar-refractivity contribution in [3.63, 3.8) is 0 Å². The lowest BCUT2D eigenvalue weighted by Crippen LogP contribution is -2.38. The van der Waals surface area contributed by atoms with Gasteiger partial charge in [0, 0.05) is 30.9 Å². The van der Waals surface area contributed by atoms with Crippen LogP contribution in [0.2, 0.25) is 0 Å². The van der Waals surface area contributed by atoms with E-state index in [1.807, 2.05) is 18.2 Å². The van der Waals surface area contributed by atoms with Gasteiger partial charge in [0.2, 0.25) is 5.89 Å². The molecule has 0 bridgehead atoms. The van der Waals surface area contributed by atoms with Gasteiger partial charge < -0.3 is 20.3 Å². The Morgan fingerprint density at radius 2 is 2.08 bits per heavy atom. The van der Waals surface area contributed by atoms with Crippen LogP contribution >= 0.6 is 24.8 Å². The minimum absolute atomic E-state index is 0. The van der Waals surface area contributed by atoms with Crippen LogP contribution in [0.3, 0.4) is 0 Å². The number of aromatic nitrogens is 2. The van der Waals surface area contributed by atoms with Crippen LogP contribution in [-0.4, -0.2) is 41.3 Å². The molecule has 9 heteroatoms. The minimum atomic E-state index is 0. The molecule has 2 aromatic rings. The Morgan fingerprint density at radius 1 is 1.32 bits per heavy atom. The highest BCUT2D eigenvalue weighted by atomic mass is 35.5. The highest BCUT2D eigenvalue weighted by Crippen LogP contribution is 2.21. The molecule has 3 N–H and O–H groups in total. The lowest BCUT2D eigenvalue weighted by atomic mass is 10.0. The summed E-state index contributed by atoms with van der Waals surface area (Å²) in [5, 5.41) is 7.53. The normalized spacial score (nSPS) is 15.1. The molecule has 0 radical (unpaired) electrons. The molecule has 0 amide bonds. The van der Waals surface area contributed by atoms with Crippen molar-refractivity contribution in [1.82, 2.24) is 15.0 Å². The topological polar surface area (TPSA) is 89.4 Å². The van der Waals surface area contributed by atoms with Gasteiger partial charge in [0.25, 0.3) is 0 Å². The predicted molar refractivity (Wildman–Crippen MR) is 102 cm³/mol. The highest BCUT2D eigenvalue weighted by Gasteiger charge is 2.20. The molecule has 0 unspecified atom stereocenters. The maximum Gasteiger partial charge on any atom is 0.240 e. The quantitative estimate of drug-likeness (QED) is 0.783. The Balaban J connectivity index is 0.00000156. The average molecular weight is 390 g/mol. The fraction of sp³-hybridized carbons (Fsp3) is 0.500. The summed E-state index contributed by atoms with van der Waals surface area (Å²) < 4.78 is 10.3. The molecule has 0 atom stereocenters. The number of halogens is 2. The van der Waals surface area contributed by atoms with E-state index in [1.165, 1.54) is 0 Å². The van der Waals surface area contributed by atoms with Crippen LogP contribution in [0, 0.1) is 0 Å². The van der Waals surface area contributed by atoms with Crippen LogP contribution in [0.5, 0.6) is 5.75 Å². The number of rotatable bonds is 6. The zero-order chi connectivity index (χ0) is 16.1. The number of methoxy groups -OCH3 is 1. The van der Waals surface area contributed by atoms with Crippen LogP contribution in [0.1, 0.15) is 24.6 Å². The van der Waals surface area contributed by atoms with Crippen LogP contribution in [-0.2, 0) is 13.1 Å². The highest BCUT2D eigenvalue weighted by molar-refractivity contribution is 5.85. The van der Waals surface area contributed by atoms with Gasteiger partial charge in [-0.1, -0.05) is 11.2 Å². The third-order valence-electron chi connectivity index (χ3n) is 4.08. The molecule has 25 heavy (non-hydrogen) atoms. The van der Waals surface area contributed by atoms with Crippen molar-refractivity contribution < 1.29 is 9.26 Å². The third-order valence-corrected chi connectivity index (χ3v) is 4.08. The van der Waals surface area contributed by atoms with Crippen molar-refractivity contribution >= 4 is 30.5 Å². The van der Waals surface area contributed by atoms with Crippen molar-refractivity contribution in [1.29, 1.82) is 0 Å².